The van der Waals surface area contributed by atoms with Gasteiger partial charge in [-0.2, -0.15) is 0 Å². The molecule has 2 rings (SSSR count). The fourth-order valence-corrected chi connectivity index (χ4v) is 2.26. The van der Waals surface area contributed by atoms with Gasteiger partial charge in [0.1, 0.15) is 18.0 Å². The Kier molecular flexibility index (Phi) is 8.50. The summed E-state index contributed by atoms with van der Waals surface area (Å²) in [4.78, 5) is 35.2. The van der Waals surface area contributed by atoms with Gasteiger partial charge in [-0.1, -0.05) is 13.0 Å². The third-order valence-corrected chi connectivity index (χ3v) is 3.70. The van der Waals surface area contributed by atoms with Crippen LogP contribution in [-0.2, 0) is 14.3 Å². The lowest BCUT2D eigenvalue weighted by Gasteiger charge is -2.10. The Bertz CT molecular complexity index is 835. The first-order chi connectivity index (χ1) is 14.0. The quantitative estimate of drug-likeness (QED) is 0.594. The van der Waals surface area contributed by atoms with Crippen molar-refractivity contribution >= 4 is 23.5 Å². The Morgan fingerprint density at radius 2 is 1.66 bits per heavy atom. The molecular weight excluding hydrogens is 376 g/mol. The zero-order valence-electron chi connectivity index (χ0n) is 16.4. The van der Waals surface area contributed by atoms with E-state index in [2.05, 4.69) is 15.4 Å². The van der Waals surface area contributed by atoms with Crippen LogP contribution in [0.2, 0.25) is 0 Å². The van der Waals surface area contributed by atoms with Gasteiger partial charge in [-0.05, 0) is 48.9 Å². The van der Waals surface area contributed by atoms with Crippen molar-refractivity contribution in [3.63, 3.8) is 0 Å². The van der Waals surface area contributed by atoms with Gasteiger partial charge in [0.25, 0.3) is 11.8 Å². The molecule has 0 atom stereocenters. The summed E-state index contributed by atoms with van der Waals surface area (Å²) in [7, 11) is 1.24. The van der Waals surface area contributed by atoms with Crippen molar-refractivity contribution < 1.29 is 28.6 Å². The summed E-state index contributed by atoms with van der Waals surface area (Å²) in [6, 6.07) is 13.4. The zero-order valence-corrected chi connectivity index (χ0v) is 16.4. The van der Waals surface area contributed by atoms with E-state index in [4.69, 9.17) is 9.47 Å². The van der Waals surface area contributed by atoms with Crippen LogP contribution in [0.4, 0.5) is 5.69 Å². The Labute approximate surface area is 169 Å². The van der Waals surface area contributed by atoms with Gasteiger partial charge >= 0.3 is 5.97 Å². The molecule has 0 spiro atoms. The second-order valence-electron chi connectivity index (χ2n) is 6.00. The highest BCUT2D eigenvalue weighted by Crippen LogP contribution is 2.18. The van der Waals surface area contributed by atoms with Gasteiger partial charge < -0.3 is 24.8 Å². The van der Waals surface area contributed by atoms with Gasteiger partial charge in [0.05, 0.1) is 13.7 Å². The van der Waals surface area contributed by atoms with E-state index in [-0.39, 0.29) is 19.1 Å². The van der Waals surface area contributed by atoms with Crippen LogP contribution < -0.4 is 20.1 Å². The van der Waals surface area contributed by atoms with Crippen LogP contribution in [0, 0.1) is 0 Å². The summed E-state index contributed by atoms with van der Waals surface area (Å²) in [6.07, 6.45) is 0.923. The number of carbonyl (C=O) groups excluding carboxylic acids is 3. The van der Waals surface area contributed by atoms with Crippen LogP contribution in [0.3, 0.4) is 0 Å². The number of carbonyl (C=O) groups is 3. The number of anilines is 1. The highest BCUT2D eigenvalue weighted by atomic mass is 16.5. The van der Waals surface area contributed by atoms with Crippen molar-refractivity contribution in [1.29, 1.82) is 0 Å². The number of esters is 1. The molecule has 0 saturated carbocycles. The molecule has 0 radical (unpaired) electrons. The van der Waals surface area contributed by atoms with Crippen molar-refractivity contribution in [2.45, 2.75) is 13.3 Å². The molecule has 0 aliphatic rings. The Hall–Kier alpha value is -3.55. The number of hydrogen-bond donors (Lipinski definition) is 2. The number of benzene rings is 2. The monoisotopic (exact) mass is 400 g/mol. The third kappa shape index (κ3) is 7.53. The van der Waals surface area contributed by atoms with Crippen LogP contribution in [0.1, 0.15) is 23.7 Å². The molecule has 8 nitrogen and oxygen atoms in total. The molecule has 0 saturated heterocycles. The van der Waals surface area contributed by atoms with E-state index in [0.717, 1.165) is 12.2 Å². The summed E-state index contributed by atoms with van der Waals surface area (Å²) in [5.41, 5.74) is 0.739. The van der Waals surface area contributed by atoms with Gasteiger partial charge in [-0.3, -0.25) is 14.4 Å². The number of ether oxygens (including phenoxy) is 3. The van der Waals surface area contributed by atoms with Crippen molar-refractivity contribution in [1.82, 2.24) is 5.32 Å². The molecular formula is C21H24N2O6. The highest BCUT2D eigenvalue weighted by Gasteiger charge is 2.10. The van der Waals surface area contributed by atoms with Crippen LogP contribution >= 0.6 is 0 Å². The van der Waals surface area contributed by atoms with Crippen molar-refractivity contribution in [3.8, 4) is 11.5 Å². The lowest BCUT2D eigenvalue weighted by Crippen LogP contribution is -2.30. The molecule has 2 aromatic carbocycles. The molecule has 8 heteroatoms. The van der Waals surface area contributed by atoms with Crippen LogP contribution in [0.5, 0.6) is 11.5 Å². The van der Waals surface area contributed by atoms with Gasteiger partial charge in [0.2, 0.25) is 0 Å². The molecule has 2 N–H and O–H groups in total. The molecule has 0 aliphatic carbocycles. The molecule has 0 aromatic heterocycles. The second-order valence-corrected chi connectivity index (χ2v) is 6.00. The standard InChI is InChI=1S/C21H24N2O6/c1-3-11-28-17-7-9-18(10-8-17)29-14-19(24)23-16-6-4-5-15(12-16)21(26)22-13-20(25)27-2/h4-10,12H,3,11,13-14H2,1-2H3,(H,22,26)(H,23,24). The summed E-state index contributed by atoms with van der Waals surface area (Å²) in [6.45, 7) is 2.25. The fourth-order valence-electron chi connectivity index (χ4n) is 2.26. The third-order valence-electron chi connectivity index (χ3n) is 3.70. The van der Waals surface area contributed by atoms with Crippen LogP contribution in [0.25, 0.3) is 0 Å². The normalized spacial score (nSPS) is 10.0. The predicted octanol–water partition coefficient (Wildman–Crippen LogP) is 2.40. The van der Waals surface area contributed by atoms with E-state index in [1.54, 1.807) is 42.5 Å². The van der Waals surface area contributed by atoms with Crippen molar-refractivity contribution in [2.24, 2.45) is 0 Å². The van der Waals surface area contributed by atoms with Crippen molar-refractivity contribution in [3.05, 3.63) is 54.1 Å². The highest BCUT2D eigenvalue weighted by molar-refractivity contribution is 5.98. The molecule has 29 heavy (non-hydrogen) atoms. The first kappa shape index (κ1) is 21.7. The lowest BCUT2D eigenvalue weighted by molar-refractivity contribution is -0.139. The average molecular weight is 400 g/mol. The topological polar surface area (TPSA) is 103 Å². The van der Waals surface area contributed by atoms with Crippen LogP contribution in [0.15, 0.2) is 48.5 Å². The maximum Gasteiger partial charge on any atom is 0.325 e. The predicted molar refractivity (Wildman–Crippen MR) is 107 cm³/mol. The number of amides is 2. The molecule has 2 aromatic rings. The zero-order chi connectivity index (χ0) is 21.1. The van der Waals surface area contributed by atoms with E-state index >= 15 is 0 Å². The Morgan fingerprint density at radius 3 is 2.31 bits per heavy atom. The fraction of sp³-hybridized carbons (Fsp3) is 0.286. The Balaban J connectivity index is 1.84. The number of nitrogens with one attached hydrogen (secondary N) is 2. The van der Waals surface area contributed by atoms with Gasteiger partial charge in [-0.15, -0.1) is 0 Å². The maximum atomic E-state index is 12.1. The molecule has 0 heterocycles. The van der Waals surface area contributed by atoms with E-state index in [9.17, 15) is 14.4 Å². The Morgan fingerprint density at radius 1 is 0.966 bits per heavy atom. The maximum absolute atomic E-state index is 12.1. The molecule has 154 valence electrons. The SMILES string of the molecule is CCCOc1ccc(OCC(=O)Nc2cccc(C(=O)NCC(=O)OC)c2)cc1. The van der Waals surface area contributed by atoms with E-state index in [1.807, 2.05) is 6.92 Å². The molecule has 2 amide bonds. The second kappa shape index (κ2) is 11.3. The minimum atomic E-state index is -0.551. The van der Waals surface area contributed by atoms with Gasteiger partial charge in [0, 0.05) is 11.3 Å². The van der Waals surface area contributed by atoms with Crippen LogP contribution in [-0.4, -0.2) is 44.7 Å². The van der Waals surface area contributed by atoms with Gasteiger partial charge in [0.15, 0.2) is 6.61 Å². The first-order valence-electron chi connectivity index (χ1n) is 9.12. The summed E-state index contributed by atoms with van der Waals surface area (Å²) in [5.74, 6) is -0.0904. The minimum Gasteiger partial charge on any atom is -0.494 e. The van der Waals surface area contributed by atoms with E-state index in [0.29, 0.717) is 23.6 Å². The molecule has 0 aliphatic heterocycles. The average Bonchev–Trinajstić information content (AvgIpc) is 2.75. The smallest absolute Gasteiger partial charge is 0.325 e. The van der Waals surface area contributed by atoms with Gasteiger partial charge in [-0.25, -0.2) is 0 Å². The number of rotatable bonds is 10. The summed E-state index contributed by atoms with van der Waals surface area (Å²) in [5, 5.41) is 5.10. The summed E-state index contributed by atoms with van der Waals surface area (Å²) < 4.78 is 15.4. The number of methoxy groups -OCH3 is 1. The minimum absolute atomic E-state index is 0.187. The van der Waals surface area contributed by atoms with Crippen molar-refractivity contribution in [2.75, 3.05) is 32.2 Å². The largest absolute Gasteiger partial charge is 0.494 e. The molecule has 0 fully saturated rings. The summed E-state index contributed by atoms with van der Waals surface area (Å²) >= 11 is 0. The lowest BCUT2D eigenvalue weighted by atomic mass is 10.2. The first-order valence-corrected chi connectivity index (χ1v) is 9.12. The molecule has 0 bridgehead atoms. The number of hydrogen-bond acceptors (Lipinski definition) is 6. The molecule has 0 unspecified atom stereocenters. The van der Waals surface area contributed by atoms with E-state index in [1.165, 1.54) is 13.2 Å². The van der Waals surface area contributed by atoms with E-state index < -0.39 is 11.9 Å².